The van der Waals surface area contributed by atoms with E-state index in [2.05, 4.69) is 10.6 Å². The van der Waals surface area contributed by atoms with E-state index in [1.54, 1.807) is 30.3 Å². The lowest BCUT2D eigenvalue weighted by atomic mass is 9.98. The van der Waals surface area contributed by atoms with E-state index >= 15 is 0 Å². The number of carbonyl (C=O) groups excluding carboxylic acids is 2. The molecule has 2 atom stereocenters. The number of aliphatic carboxylic acids is 1. The van der Waals surface area contributed by atoms with Crippen molar-refractivity contribution in [1.82, 2.24) is 10.6 Å². The lowest BCUT2D eigenvalue weighted by Crippen LogP contribution is -2.47. The van der Waals surface area contributed by atoms with Crippen molar-refractivity contribution < 1.29 is 29.3 Å². The number of benzene rings is 3. The maximum absolute atomic E-state index is 12.9. The Morgan fingerprint density at radius 3 is 1.97 bits per heavy atom. The standard InChI is InChI=1S/C27H26N2O6/c30-15-14-23(26(32)33)28-25(31)24(17-8-2-1-3-9-17)29-27(34)35-16-22-20-12-6-4-10-18(20)19-11-5-7-13-21(19)22/h1-13,22-24,30H,14-16H2,(H,28,31)(H,29,34)(H,32,33). The number of hydrogen-bond acceptors (Lipinski definition) is 5. The van der Waals surface area contributed by atoms with Gasteiger partial charge in [-0.25, -0.2) is 9.59 Å². The second-order valence-corrected chi connectivity index (χ2v) is 8.23. The van der Waals surface area contributed by atoms with E-state index in [0.29, 0.717) is 5.56 Å². The molecule has 3 aromatic carbocycles. The maximum atomic E-state index is 12.9. The molecule has 0 saturated carbocycles. The van der Waals surface area contributed by atoms with E-state index in [9.17, 15) is 19.5 Å². The molecule has 35 heavy (non-hydrogen) atoms. The van der Waals surface area contributed by atoms with Crippen LogP contribution in [0.4, 0.5) is 4.79 Å². The summed E-state index contributed by atoms with van der Waals surface area (Å²) >= 11 is 0. The summed E-state index contributed by atoms with van der Waals surface area (Å²) in [6.07, 6.45) is -0.960. The second-order valence-electron chi connectivity index (χ2n) is 8.23. The summed E-state index contributed by atoms with van der Waals surface area (Å²) < 4.78 is 5.56. The highest BCUT2D eigenvalue weighted by molar-refractivity contribution is 5.90. The molecule has 0 aromatic heterocycles. The Morgan fingerprint density at radius 1 is 0.829 bits per heavy atom. The van der Waals surface area contributed by atoms with Crippen LogP contribution in [0.15, 0.2) is 78.9 Å². The third-order valence-electron chi connectivity index (χ3n) is 6.03. The van der Waals surface area contributed by atoms with E-state index in [1.165, 1.54) is 0 Å². The van der Waals surface area contributed by atoms with Gasteiger partial charge in [-0.1, -0.05) is 78.9 Å². The van der Waals surface area contributed by atoms with Gasteiger partial charge in [0.1, 0.15) is 18.7 Å². The number of carboxylic acids is 1. The van der Waals surface area contributed by atoms with E-state index in [1.807, 2.05) is 48.5 Å². The number of ether oxygens (including phenoxy) is 1. The smallest absolute Gasteiger partial charge is 0.408 e. The summed E-state index contributed by atoms with van der Waals surface area (Å²) in [4.78, 5) is 37.1. The van der Waals surface area contributed by atoms with Crippen LogP contribution in [0, 0.1) is 0 Å². The predicted octanol–water partition coefficient (Wildman–Crippen LogP) is 3.22. The van der Waals surface area contributed by atoms with Crippen molar-refractivity contribution in [3.8, 4) is 11.1 Å². The lowest BCUT2D eigenvalue weighted by Gasteiger charge is -2.22. The number of nitrogens with one attached hydrogen (secondary N) is 2. The summed E-state index contributed by atoms with van der Waals surface area (Å²) in [5, 5.41) is 23.4. The third kappa shape index (κ3) is 5.33. The Balaban J connectivity index is 1.48. The van der Waals surface area contributed by atoms with Crippen LogP contribution in [0.5, 0.6) is 0 Å². The normalized spacial score (nSPS) is 13.7. The molecule has 180 valence electrons. The van der Waals surface area contributed by atoms with Gasteiger partial charge in [0.15, 0.2) is 0 Å². The molecule has 4 rings (SSSR count). The van der Waals surface area contributed by atoms with Gasteiger partial charge in [-0.2, -0.15) is 0 Å². The number of aliphatic hydroxyl groups excluding tert-OH is 1. The highest BCUT2D eigenvalue weighted by Crippen LogP contribution is 2.44. The highest BCUT2D eigenvalue weighted by atomic mass is 16.5. The first kappa shape index (κ1) is 24.0. The SMILES string of the molecule is O=C(NC(C(=O)NC(CCO)C(=O)O)c1ccccc1)OCC1c2ccccc2-c2ccccc21. The Hall–Kier alpha value is -4.17. The van der Waals surface area contributed by atoms with E-state index in [4.69, 9.17) is 9.84 Å². The average molecular weight is 475 g/mol. The molecule has 1 aliphatic carbocycles. The fourth-order valence-electron chi connectivity index (χ4n) is 4.35. The largest absolute Gasteiger partial charge is 0.480 e. The highest BCUT2D eigenvalue weighted by Gasteiger charge is 2.31. The molecule has 2 unspecified atom stereocenters. The van der Waals surface area contributed by atoms with Crippen LogP contribution in [-0.4, -0.2) is 47.4 Å². The van der Waals surface area contributed by atoms with Crippen LogP contribution < -0.4 is 10.6 Å². The molecular formula is C27H26N2O6. The molecule has 2 amide bonds. The van der Waals surface area contributed by atoms with E-state index in [0.717, 1.165) is 22.3 Å². The lowest BCUT2D eigenvalue weighted by molar-refractivity contribution is -0.142. The van der Waals surface area contributed by atoms with Gasteiger partial charge in [0.2, 0.25) is 5.91 Å². The van der Waals surface area contributed by atoms with Gasteiger partial charge in [-0.15, -0.1) is 0 Å². The molecular weight excluding hydrogens is 448 g/mol. The van der Waals surface area contributed by atoms with Gasteiger partial charge < -0.3 is 25.6 Å². The van der Waals surface area contributed by atoms with Crippen molar-refractivity contribution >= 4 is 18.0 Å². The number of hydrogen-bond donors (Lipinski definition) is 4. The Kier molecular flexibility index (Phi) is 7.42. The number of alkyl carbamates (subject to hydrolysis) is 1. The molecule has 0 spiro atoms. The number of carboxylic acid groups (broad SMARTS) is 1. The van der Waals surface area contributed by atoms with Crippen LogP contribution in [0.25, 0.3) is 11.1 Å². The Morgan fingerprint density at radius 2 is 1.40 bits per heavy atom. The zero-order valence-electron chi connectivity index (χ0n) is 18.9. The van der Waals surface area contributed by atoms with Gasteiger partial charge in [0, 0.05) is 18.9 Å². The minimum absolute atomic E-state index is 0.0747. The minimum Gasteiger partial charge on any atom is -0.480 e. The summed E-state index contributed by atoms with van der Waals surface area (Å²) in [5.41, 5.74) is 4.79. The van der Waals surface area contributed by atoms with Gasteiger partial charge in [0.25, 0.3) is 0 Å². The number of fused-ring (bicyclic) bond motifs is 3. The van der Waals surface area contributed by atoms with Crippen LogP contribution in [0.1, 0.15) is 35.1 Å². The molecule has 1 aliphatic rings. The van der Waals surface area contributed by atoms with Gasteiger partial charge in [-0.05, 0) is 27.8 Å². The van der Waals surface area contributed by atoms with Crippen LogP contribution in [-0.2, 0) is 14.3 Å². The first-order chi connectivity index (χ1) is 17.0. The van der Waals surface area contributed by atoms with Gasteiger partial charge in [0.05, 0.1) is 0 Å². The van der Waals surface area contributed by atoms with Crippen molar-refractivity contribution in [2.75, 3.05) is 13.2 Å². The fourth-order valence-corrected chi connectivity index (χ4v) is 4.35. The molecule has 0 heterocycles. The molecule has 0 aliphatic heterocycles. The monoisotopic (exact) mass is 474 g/mol. The zero-order chi connectivity index (χ0) is 24.8. The molecule has 0 radical (unpaired) electrons. The first-order valence-electron chi connectivity index (χ1n) is 11.3. The topological polar surface area (TPSA) is 125 Å². The number of amides is 2. The fraction of sp³-hybridized carbons (Fsp3) is 0.222. The molecule has 0 saturated heterocycles. The van der Waals surface area contributed by atoms with Crippen molar-refractivity contribution in [2.24, 2.45) is 0 Å². The Labute approximate surface area is 202 Å². The summed E-state index contributed by atoms with van der Waals surface area (Å²) in [7, 11) is 0. The predicted molar refractivity (Wildman–Crippen MR) is 129 cm³/mol. The minimum atomic E-state index is -1.29. The molecule has 3 aromatic rings. The molecule has 8 nitrogen and oxygen atoms in total. The Bertz CT molecular complexity index is 1170. The van der Waals surface area contributed by atoms with Crippen LogP contribution >= 0.6 is 0 Å². The third-order valence-corrected chi connectivity index (χ3v) is 6.03. The number of rotatable bonds is 9. The summed E-state index contributed by atoms with van der Waals surface area (Å²) in [6, 6.07) is 21.9. The number of carbonyl (C=O) groups is 3. The quantitative estimate of drug-likeness (QED) is 0.377. The van der Waals surface area contributed by atoms with Crippen LogP contribution in [0.2, 0.25) is 0 Å². The molecule has 0 fully saturated rings. The number of aliphatic hydroxyl groups is 1. The van der Waals surface area contributed by atoms with Gasteiger partial charge in [-0.3, -0.25) is 4.79 Å². The summed E-state index contributed by atoms with van der Waals surface area (Å²) in [5.74, 6) is -2.14. The van der Waals surface area contributed by atoms with E-state index < -0.39 is 36.7 Å². The average Bonchev–Trinajstić information content (AvgIpc) is 3.20. The zero-order valence-corrected chi connectivity index (χ0v) is 18.9. The van der Waals surface area contributed by atoms with Crippen molar-refractivity contribution in [3.63, 3.8) is 0 Å². The first-order valence-corrected chi connectivity index (χ1v) is 11.3. The molecule has 4 N–H and O–H groups in total. The second kappa shape index (κ2) is 10.8. The van der Waals surface area contributed by atoms with Crippen molar-refractivity contribution in [2.45, 2.75) is 24.4 Å². The molecule has 8 heteroatoms. The van der Waals surface area contributed by atoms with Crippen molar-refractivity contribution in [3.05, 3.63) is 95.6 Å². The van der Waals surface area contributed by atoms with E-state index in [-0.39, 0.29) is 18.9 Å². The molecule has 0 bridgehead atoms. The maximum Gasteiger partial charge on any atom is 0.408 e. The van der Waals surface area contributed by atoms with Crippen LogP contribution in [0.3, 0.4) is 0 Å². The van der Waals surface area contributed by atoms with Gasteiger partial charge >= 0.3 is 12.1 Å². The summed E-state index contributed by atoms with van der Waals surface area (Å²) in [6.45, 7) is -0.335. The van der Waals surface area contributed by atoms with Crippen molar-refractivity contribution in [1.29, 1.82) is 0 Å².